The first-order valence-electron chi connectivity index (χ1n) is 11.0. The molecular weight excluding hydrogens is 503 g/mol. The number of carbonyl (C=O) groups excluding carboxylic acids is 1. The van der Waals surface area contributed by atoms with Crippen molar-refractivity contribution in [2.24, 2.45) is 7.05 Å². The molecule has 1 aliphatic rings. The number of benzene rings is 2. The molecule has 0 bridgehead atoms. The van der Waals surface area contributed by atoms with Gasteiger partial charge in [-0.3, -0.25) is 4.79 Å². The quantitative estimate of drug-likeness (QED) is 0.193. The zero-order valence-electron chi connectivity index (χ0n) is 19.2. The number of amides is 1. The lowest BCUT2D eigenvalue weighted by atomic mass is 10.0. The molecule has 0 aliphatic heterocycles. The first kappa shape index (κ1) is 25.1. The van der Waals surface area contributed by atoms with Gasteiger partial charge in [-0.15, -0.1) is 10.1 Å². The van der Waals surface area contributed by atoms with Crippen molar-refractivity contribution in [2.45, 2.75) is 24.8 Å². The molecule has 1 amide bonds. The summed E-state index contributed by atoms with van der Waals surface area (Å²) in [5.74, 6) is 5.44. The van der Waals surface area contributed by atoms with E-state index in [0.717, 1.165) is 22.4 Å². The molecule has 0 radical (unpaired) electrons. The molecule has 8 nitrogen and oxygen atoms in total. The summed E-state index contributed by atoms with van der Waals surface area (Å²) < 4.78 is 1.78. The van der Waals surface area contributed by atoms with E-state index in [1.807, 2.05) is 24.3 Å². The highest BCUT2D eigenvalue weighted by Crippen LogP contribution is 2.40. The van der Waals surface area contributed by atoms with E-state index in [0.29, 0.717) is 34.1 Å². The first-order valence-corrected chi connectivity index (χ1v) is 11.7. The van der Waals surface area contributed by atoms with Gasteiger partial charge >= 0.3 is 0 Å². The third-order valence-corrected chi connectivity index (χ3v) is 6.37. The molecule has 1 aromatic heterocycles. The van der Waals surface area contributed by atoms with Crippen LogP contribution >= 0.6 is 23.2 Å². The Morgan fingerprint density at radius 3 is 2.53 bits per heavy atom. The third kappa shape index (κ3) is 5.46. The van der Waals surface area contributed by atoms with Crippen molar-refractivity contribution >= 4 is 29.1 Å². The van der Waals surface area contributed by atoms with Crippen molar-refractivity contribution in [3.05, 3.63) is 79.9 Å². The molecule has 1 N–H and O–H groups in total. The molecule has 1 fully saturated rings. The van der Waals surface area contributed by atoms with Crippen molar-refractivity contribution in [1.29, 1.82) is 5.26 Å². The smallest absolute Gasteiger partial charge is 0.294 e. The number of hydrogen-bond donors (Lipinski definition) is 1. The minimum Gasteiger partial charge on any atom is -0.339 e. The average Bonchev–Trinajstić information content (AvgIpc) is 3.53. The topological polar surface area (TPSA) is 110 Å². The normalized spacial score (nSPS) is 13.2. The number of nitriles is 1. The summed E-state index contributed by atoms with van der Waals surface area (Å²) in [6.45, 7) is -0.0927. The van der Waals surface area contributed by atoms with Crippen LogP contribution in [-0.4, -0.2) is 27.7 Å². The zero-order chi connectivity index (χ0) is 25.9. The van der Waals surface area contributed by atoms with Gasteiger partial charge in [-0.2, -0.15) is 5.26 Å². The van der Waals surface area contributed by atoms with Crippen LogP contribution in [0.15, 0.2) is 48.5 Å². The van der Waals surface area contributed by atoms with Crippen LogP contribution in [-0.2, 0) is 11.9 Å². The second-order valence-electron chi connectivity index (χ2n) is 8.31. The number of hydrogen-bond acceptors (Lipinski definition) is 5. The molecule has 36 heavy (non-hydrogen) atoms. The van der Waals surface area contributed by atoms with Crippen molar-refractivity contribution < 1.29 is 14.7 Å². The lowest BCUT2D eigenvalue weighted by molar-refractivity contribution is -0.757. The maximum absolute atomic E-state index is 13.1. The highest BCUT2D eigenvalue weighted by Gasteiger charge is 2.45. The average molecular weight is 523 g/mol. The fourth-order valence-corrected chi connectivity index (χ4v) is 4.31. The van der Waals surface area contributed by atoms with Gasteiger partial charge in [0.1, 0.15) is 17.8 Å². The molecule has 0 spiro atoms. The molecule has 1 heterocycles. The fraction of sp³-hybridized carbons (Fsp3) is 0.231. The minimum absolute atomic E-state index is 0.0927. The fourth-order valence-electron chi connectivity index (χ4n) is 3.80. The summed E-state index contributed by atoms with van der Waals surface area (Å²) in [6.07, 6.45) is 1.48. The zero-order valence-corrected chi connectivity index (χ0v) is 20.7. The summed E-state index contributed by atoms with van der Waals surface area (Å²) in [5.41, 5.74) is 3.34. The van der Waals surface area contributed by atoms with E-state index in [2.05, 4.69) is 28.1 Å². The summed E-state index contributed by atoms with van der Waals surface area (Å²) in [4.78, 5) is 27.6. The number of nitrogens with zero attached hydrogens (tertiary/aromatic N) is 3. The molecule has 10 heteroatoms. The van der Waals surface area contributed by atoms with Gasteiger partial charge in [0.05, 0.1) is 11.8 Å². The summed E-state index contributed by atoms with van der Waals surface area (Å²) in [7, 11) is 1.78. The maximum atomic E-state index is 13.1. The Kier molecular flexibility index (Phi) is 7.21. The Bertz CT molecular complexity index is 1440. The van der Waals surface area contributed by atoms with Gasteiger partial charge < -0.3 is 14.7 Å². The first-order chi connectivity index (χ1) is 17.2. The molecular formula is C26H20Cl2N4O4. The second kappa shape index (κ2) is 10.3. The second-order valence-corrected chi connectivity index (χ2v) is 9.15. The SMILES string of the molecule is Cn1c(C(=O)NC2(C#N)CC2)cc(-c2ccc(Cl)cc2Cl)c1-c1ccc(C#CCCO[N+](=O)[O-])cc1. The van der Waals surface area contributed by atoms with Gasteiger partial charge in [-0.25, -0.2) is 0 Å². The van der Waals surface area contributed by atoms with E-state index in [-0.39, 0.29) is 18.9 Å². The molecule has 2 aromatic carbocycles. The van der Waals surface area contributed by atoms with Gasteiger partial charge in [0.25, 0.3) is 11.0 Å². The standard InChI is InChI=1S/C26H20Cl2N4O4/c1-31-23(25(33)30-26(16-29)11-12-26)15-21(20-10-9-19(27)14-22(20)28)24(31)18-7-5-17(6-8-18)4-2-3-13-36-32(34)35/h5-10,14-15H,3,11-13H2,1H3,(H,30,33). The highest BCUT2D eigenvalue weighted by molar-refractivity contribution is 6.36. The monoisotopic (exact) mass is 522 g/mol. The Morgan fingerprint density at radius 1 is 1.19 bits per heavy atom. The van der Waals surface area contributed by atoms with E-state index in [1.54, 1.807) is 35.9 Å². The van der Waals surface area contributed by atoms with E-state index in [1.165, 1.54) is 0 Å². The van der Waals surface area contributed by atoms with Crippen LogP contribution in [0.1, 0.15) is 35.3 Å². The van der Waals surface area contributed by atoms with Crippen LogP contribution in [0.3, 0.4) is 0 Å². The number of nitrogens with one attached hydrogen (secondary N) is 1. The Hall–Kier alpha value is -3.98. The van der Waals surface area contributed by atoms with Crippen LogP contribution in [0.5, 0.6) is 0 Å². The maximum Gasteiger partial charge on any atom is 0.294 e. The van der Waals surface area contributed by atoms with E-state index in [9.17, 15) is 20.2 Å². The Labute approximate surface area is 217 Å². The molecule has 0 atom stereocenters. The van der Waals surface area contributed by atoms with Crippen LogP contribution in [0.4, 0.5) is 0 Å². The van der Waals surface area contributed by atoms with Gasteiger partial charge in [0.2, 0.25) is 0 Å². The predicted octanol–water partition coefficient (Wildman–Crippen LogP) is 5.40. The van der Waals surface area contributed by atoms with Crippen molar-refractivity contribution in [3.63, 3.8) is 0 Å². The van der Waals surface area contributed by atoms with Gasteiger partial charge in [0.15, 0.2) is 0 Å². The van der Waals surface area contributed by atoms with Crippen LogP contribution in [0.2, 0.25) is 10.0 Å². The summed E-state index contributed by atoms with van der Waals surface area (Å²) >= 11 is 12.6. The highest BCUT2D eigenvalue weighted by atomic mass is 35.5. The van der Waals surface area contributed by atoms with Gasteiger partial charge in [-0.1, -0.05) is 53.2 Å². The molecule has 0 saturated heterocycles. The third-order valence-electron chi connectivity index (χ3n) is 5.82. The van der Waals surface area contributed by atoms with Crippen LogP contribution in [0, 0.1) is 33.3 Å². The lowest BCUT2D eigenvalue weighted by Gasteiger charge is -2.12. The molecule has 4 rings (SSSR count). The summed E-state index contributed by atoms with van der Waals surface area (Å²) in [6, 6.07) is 16.5. The van der Waals surface area contributed by atoms with Crippen molar-refractivity contribution in [2.75, 3.05) is 6.61 Å². The van der Waals surface area contributed by atoms with Crippen molar-refractivity contribution in [3.8, 4) is 40.3 Å². The van der Waals surface area contributed by atoms with E-state index in [4.69, 9.17) is 23.2 Å². The van der Waals surface area contributed by atoms with Gasteiger partial charge in [0, 0.05) is 40.2 Å². The van der Waals surface area contributed by atoms with E-state index < -0.39 is 10.6 Å². The van der Waals surface area contributed by atoms with Crippen molar-refractivity contribution in [1.82, 2.24) is 9.88 Å². The molecule has 182 valence electrons. The Balaban J connectivity index is 1.70. The molecule has 3 aromatic rings. The summed E-state index contributed by atoms with van der Waals surface area (Å²) in [5, 5.41) is 22.5. The van der Waals surface area contributed by atoms with Gasteiger partial charge in [-0.05, 0) is 48.7 Å². The lowest BCUT2D eigenvalue weighted by Crippen LogP contribution is -2.36. The number of halogens is 2. The predicted molar refractivity (Wildman–Crippen MR) is 136 cm³/mol. The number of rotatable bonds is 7. The van der Waals surface area contributed by atoms with Crippen LogP contribution in [0.25, 0.3) is 22.4 Å². The molecule has 0 unspecified atom stereocenters. The van der Waals surface area contributed by atoms with Crippen LogP contribution < -0.4 is 5.32 Å². The molecule has 1 saturated carbocycles. The molecule has 1 aliphatic carbocycles. The van der Waals surface area contributed by atoms with E-state index >= 15 is 0 Å². The largest absolute Gasteiger partial charge is 0.339 e. The Morgan fingerprint density at radius 2 is 1.92 bits per heavy atom. The minimum atomic E-state index is -0.847. The number of carbonyl (C=O) groups is 1. The number of aromatic nitrogens is 1.